The highest BCUT2D eigenvalue weighted by Gasteiger charge is 2.34. The third-order valence-corrected chi connectivity index (χ3v) is 4.03. The number of hydrogen-bond acceptors (Lipinski definition) is 3. The van der Waals surface area contributed by atoms with Crippen LogP contribution >= 0.6 is 0 Å². The van der Waals surface area contributed by atoms with Crippen LogP contribution < -0.4 is 5.73 Å². The first-order chi connectivity index (χ1) is 8.63. The van der Waals surface area contributed by atoms with E-state index in [1.807, 2.05) is 4.90 Å². The first kappa shape index (κ1) is 15.4. The van der Waals surface area contributed by atoms with Crippen LogP contribution in [0.25, 0.3) is 0 Å². The number of methoxy groups -OCH3 is 1. The number of nitrogens with zero attached hydrogens (tertiary/aromatic N) is 1. The first-order valence-corrected chi connectivity index (χ1v) is 7.12. The van der Waals surface area contributed by atoms with Crippen LogP contribution in [-0.2, 0) is 9.53 Å². The summed E-state index contributed by atoms with van der Waals surface area (Å²) in [5.74, 6) is 1.25. The second kappa shape index (κ2) is 7.74. The molecule has 106 valence electrons. The summed E-state index contributed by atoms with van der Waals surface area (Å²) in [6, 6.07) is 0.350. The van der Waals surface area contributed by atoms with Crippen molar-refractivity contribution in [3.05, 3.63) is 0 Å². The van der Waals surface area contributed by atoms with E-state index < -0.39 is 0 Å². The summed E-state index contributed by atoms with van der Waals surface area (Å²) in [6.45, 7) is 6.16. The van der Waals surface area contributed by atoms with Gasteiger partial charge in [0.25, 0.3) is 0 Å². The summed E-state index contributed by atoms with van der Waals surface area (Å²) in [7, 11) is 1.68. The molecule has 18 heavy (non-hydrogen) atoms. The molecule has 2 atom stereocenters. The molecule has 0 radical (unpaired) electrons. The lowest BCUT2D eigenvalue weighted by Gasteiger charge is -2.30. The monoisotopic (exact) mass is 256 g/mol. The molecular formula is C14H28N2O2. The summed E-state index contributed by atoms with van der Waals surface area (Å²) in [5, 5.41) is 0. The quantitative estimate of drug-likeness (QED) is 0.682. The van der Waals surface area contributed by atoms with Gasteiger partial charge in [-0.2, -0.15) is 0 Å². The number of hydrogen-bond donors (Lipinski definition) is 1. The molecule has 0 aromatic rings. The Balaban J connectivity index is 2.53. The van der Waals surface area contributed by atoms with E-state index in [0.29, 0.717) is 44.0 Å². The van der Waals surface area contributed by atoms with Crippen LogP contribution in [0.15, 0.2) is 0 Å². The molecule has 4 nitrogen and oxygen atoms in total. The molecule has 0 spiro atoms. The number of nitrogens with two attached hydrogens (primary N) is 1. The zero-order chi connectivity index (χ0) is 13.5. The van der Waals surface area contributed by atoms with Crippen molar-refractivity contribution in [3.8, 4) is 0 Å². The largest absolute Gasteiger partial charge is 0.383 e. The Labute approximate surface area is 111 Å². The molecule has 2 N–H and O–H groups in total. The predicted molar refractivity (Wildman–Crippen MR) is 73.2 cm³/mol. The Bertz CT molecular complexity index is 250. The van der Waals surface area contributed by atoms with Gasteiger partial charge in [0, 0.05) is 26.1 Å². The van der Waals surface area contributed by atoms with Crippen LogP contribution in [0.5, 0.6) is 0 Å². The number of rotatable bonds is 9. The van der Waals surface area contributed by atoms with E-state index in [1.165, 1.54) is 12.8 Å². The molecule has 4 heteroatoms. The maximum absolute atomic E-state index is 12.4. The van der Waals surface area contributed by atoms with Crippen LogP contribution in [0.4, 0.5) is 0 Å². The van der Waals surface area contributed by atoms with Crippen molar-refractivity contribution in [3.63, 3.8) is 0 Å². The number of carbonyl (C=O) groups is 1. The lowest BCUT2D eigenvalue weighted by atomic mass is 10.0. The number of carbonyl (C=O) groups excluding carboxylic acids is 1. The molecule has 0 bridgehead atoms. The van der Waals surface area contributed by atoms with Crippen molar-refractivity contribution < 1.29 is 9.53 Å². The zero-order valence-corrected chi connectivity index (χ0v) is 12.0. The second-order valence-electron chi connectivity index (χ2n) is 5.37. The van der Waals surface area contributed by atoms with E-state index >= 15 is 0 Å². The topological polar surface area (TPSA) is 55.6 Å². The molecule has 0 heterocycles. The van der Waals surface area contributed by atoms with Crippen molar-refractivity contribution >= 4 is 5.91 Å². The minimum atomic E-state index is 0.240. The highest BCUT2D eigenvalue weighted by atomic mass is 16.5. The molecule has 1 amide bonds. The van der Waals surface area contributed by atoms with Gasteiger partial charge in [0.1, 0.15) is 0 Å². The van der Waals surface area contributed by atoms with Gasteiger partial charge < -0.3 is 15.4 Å². The maximum atomic E-state index is 12.4. The third-order valence-electron chi connectivity index (χ3n) is 4.03. The molecule has 0 aromatic heterocycles. The van der Waals surface area contributed by atoms with E-state index in [2.05, 4.69) is 13.8 Å². The van der Waals surface area contributed by atoms with E-state index in [4.69, 9.17) is 10.5 Å². The molecule has 0 saturated heterocycles. The molecule has 1 aliphatic carbocycles. The van der Waals surface area contributed by atoms with Crippen LogP contribution in [-0.4, -0.2) is 43.7 Å². The summed E-state index contributed by atoms with van der Waals surface area (Å²) in [4.78, 5) is 14.4. The molecular weight excluding hydrogens is 228 g/mol. The Morgan fingerprint density at radius 2 is 2.17 bits per heavy atom. The van der Waals surface area contributed by atoms with Gasteiger partial charge in [-0.05, 0) is 38.1 Å². The van der Waals surface area contributed by atoms with E-state index in [0.717, 1.165) is 6.42 Å². The normalized spacial score (nSPS) is 18.4. The highest BCUT2D eigenvalue weighted by Crippen LogP contribution is 2.35. The van der Waals surface area contributed by atoms with Gasteiger partial charge in [0.2, 0.25) is 5.91 Å². The molecule has 0 aromatic carbocycles. The van der Waals surface area contributed by atoms with Crippen LogP contribution in [0.2, 0.25) is 0 Å². The minimum absolute atomic E-state index is 0.240. The lowest BCUT2D eigenvalue weighted by Crippen LogP contribution is -2.43. The van der Waals surface area contributed by atoms with Crippen molar-refractivity contribution in [1.29, 1.82) is 0 Å². The van der Waals surface area contributed by atoms with Crippen molar-refractivity contribution in [2.45, 2.75) is 45.6 Å². The summed E-state index contributed by atoms with van der Waals surface area (Å²) < 4.78 is 5.11. The molecule has 1 saturated carbocycles. The van der Waals surface area contributed by atoms with Crippen LogP contribution in [0.1, 0.15) is 39.5 Å². The fraction of sp³-hybridized carbons (Fsp3) is 0.929. The fourth-order valence-corrected chi connectivity index (χ4v) is 2.34. The molecule has 1 aliphatic rings. The van der Waals surface area contributed by atoms with Crippen molar-refractivity contribution in [2.24, 2.45) is 17.6 Å². The smallest absolute Gasteiger partial charge is 0.223 e. The standard InChI is InChI=1S/C14H28N2O2/c1-4-12(10-15)9-14(17)16(7-8-18-3)11(2)13-5-6-13/h11-13H,4-10,15H2,1-3H3. The Kier molecular flexibility index (Phi) is 6.65. The SMILES string of the molecule is CCC(CN)CC(=O)N(CCOC)C(C)C1CC1. The minimum Gasteiger partial charge on any atom is -0.383 e. The molecule has 2 unspecified atom stereocenters. The van der Waals surface area contributed by atoms with Crippen LogP contribution in [0, 0.1) is 11.8 Å². The van der Waals surface area contributed by atoms with Crippen molar-refractivity contribution in [1.82, 2.24) is 4.90 Å². The maximum Gasteiger partial charge on any atom is 0.223 e. The van der Waals surface area contributed by atoms with Crippen LogP contribution in [0.3, 0.4) is 0 Å². The van der Waals surface area contributed by atoms with Gasteiger partial charge in [-0.3, -0.25) is 4.79 Å². The summed E-state index contributed by atoms with van der Waals surface area (Å²) in [6.07, 6.45) is 4.06. The number of ether oxygens (including phenoxy) is 1. The molecule has 0 aliphatic heterocycles. The Morgan fingerprint density at radius 3 is 2.61 bits per heavy atom. The Hall–Kier alpha value is -0.610. The third kappa shape index (κ3) is 4.58. The fourth-order valence-electron chi connectivity index (χ4n) is 2.34. The lowest BCUT2D eigenvalue weighted by molar-refractivity contribution is -0.135. The van der Waals surface area contributed by atoms with E-state index in [9.17, 15) is 4.79 Å². The first-order valence-electron chi connectivity index (χ1n) is 7.12. The average molecular weight is 256 g/mol. The van der Waals surface area contributed by atoms with Gasteiger partial charge >= 0.3 is 0 Å². The summed E-state index contributed by atoms with van der Waals surface area (Å²) in [5.41, 5.74) is 5.68. The predicted octanol–water partition coefficient (Wildman–Crippen LogP) is 1.63. The van der Waals surface area contributed by atoms with Gasteiger partial charge in [-0.25, -0.2) is 0 Å². The molecule has 1 fully saturated rings. The van der Waals surface area contributed by atoms with Gasteiger partial charge in [-0.1, -0.05) is 13.3 Å². The second-order valence-corrected chi connectivity index (χ2v) is 5.37. The Morgan fingerprint density at radius 1 is 1.50 bits per heavy atom. The molecule has 1 rings (SSSR count). The van der Waals surface area contributed by atoms with E-state index in [1.54, 1.807) is 7.11 Å². The van der Waals surface area contributed by atoms with Gasteiger partial charge in [0.15, 0.2) is 0 Å². The highest BCUT2D eigenvalue weighted by molar-refractivity contribution is 5.76. The summed E-state index contributed by atoms with van der Waals surface area (Å²) >= 11 is 0. The zero-order valence-electron chi connectivity index (χ0n) is 12.0. The van der Waals surface area contributed by atoms with E-state index in [-0.39, 0.29) is 5.91 Å². The number of amides is 1. The van der Waals surface area contributed by atoms with Gasteiger partial charge in [0.05, 0.1) is 6.61 Å². The van der Waals surface area contributed by atoms with Crippen molar-refractivity contribution in [2.75, 3.05) is 26.8 Å². The van der Waals surface area contributed by atoms with Gasteiger partial charge in [-0.15, -0.1) is 0 Å². The average Bonchev–Trinajstić information content (AvgIpc) is 3.20.